The fraction of sp³-hybridized carbons (Fsp3) is 0.500. The lowest BCUT2D eigenvalue weighted by Gasteiger charge is -2.35. The van der Waals surface area contributed by atoms with Crippen molar-refractivity contribution >= 4 is 17.5 Å². The minimum Gasteiger partial charge on any atom is -0.345 e. The Balaban J connectivity index is 1.89. The summed E-state index contributed by atoms with van der Waals surface area (Å²) in [5.41, 5.74) is 8.10. The van der Waals surface area contributed by atoms with Crippen molar-refractivity contribution in [2.45, 2.75) is 37.6 Å². The van der Waals surface area contributed by atoms with E-state index >= 15 is 0 Å². The van der Waals surface area contributed by atoms with Gasteiger partial charge in [0.05, 0.1) is 6.54 Å². The van der Waals surface area contributed by atoms with Crippen LogP contribution in [-0.4, -0.2) is 24.9 Å². The first kappa shape index (κ1) is 14.1. The molecule has 21 heavy (non-hydrogen) atoms. The van der Waals surface area contributed by atoms with E-state index in [1.807, 2.05) is 24.3 Å². The topological polar surface area (TPSA) is 75.4 Å². The van der Waals surface area contributed by atoms with Crippen LogP contribution in [0.1, 0.15) is 37.7 Å². The number of carbonyl (C=O) groups is 2. The van der Waals surface area contributed by atoms with E-state index < -0.39 is 0 Å². The van der Waals surface area contributed by atoms with Crippen LogP contribution in [0.3, 0.4) is 0 Å². The van der Waals surface area contributed by atoms with Crippen molar-refractivity contribution < 1.29 is 9.59 Å². The van der Waals surface area contributed by atoms with Crippen molar-refractivity contribution in [3.63, 3.8) is 0 Å². The first-order valence-electron chi connectivity index (χ1n) is 7.55. The molecular weight excluding hydrogens is 266 g/mol. The quantitative estimate of drug-likeness (QED) is 0.860. The summed E-state index contributed by atoms with van der Waals surface area (Å²) in [4.78, 5) is 25.0. The van der Waals surface area contributed by atoms with Crippen LogP contribution in [0.15, 0.2) is 24.3 Å². The maximum Gasteiger partial charge on any atom is 0.246 e. The second kappa shape index (κ2) is 5.48. The van der Waals surface area contributed by atoms with Crippen LogP contribution in [0.4, 0.5) is 5.69 Å². The smallest absolute Gasteiger partial charge is 0.246 e. The monoisotopic (exact) mass is 287 g/mol. The molecule has 3 N–H and O–H groups in total. The van der Waals surface area contributed by atoms with Gasteiger partial charge in [-0.15, -0.1) is 0 Å². The normalized spacial score (nSPS) is 22.0. The van der Waals surface area contributed by atoms with Gasteiger partial charge in [-0.05, 0) is 30.5 Å². The highest BCUT2D eigenvalue weighted by Crippen LogP contribution is 2.36. The Labute approximate surface area is 124 Å². The van der Waals surface area contributed by atoms with Crippen molar-refractivity contribution in [1.29, 1.82) is 0 Å². The average molecular weight is 287 g/mol. The van der Waals surface area contributed by atoms with Crippen molar-refractivity contribution in [2.75, 3.05) is 18.0 Å². The molecule has 112 valence electrons. The van der Waals surface area contributed by atoms with Gasteiger partial charge < -0.3 is 16.0 Å². The van der Waals surface area contributed by atoms with Crippen LogP contribution in [0.25, 0.3) is 0 Å². The second-order valence-corrected chi connectivity index (χ2v) is 6.02. The largest absolute Gasteiger partial charge is 0.345 e. The molecule has 0 atom stereocenters. The van der Waals surface area contributed by atoms with E-state index in [1.54, 1.807) is 0 Å². The number of anilines is 1. The molecule has 0 spiro atoms. The lowest BCUT2D eigenvalue weighted by molar-refractivity contribution is -0.128. The van der Waals surface area contributed by atoms with Crippen molar-refractivity contribution in [2.24, 2.45) is 5.73 Å². The minimum absolute atomic E-state index is 0.0663. The maximum atomic E-state index is 12.0. The summed E-state index contributed by atoms with van der Waals surface area (Å²) in [6, 6.07) is 7.80. The summed E-state index contributed by atoms with van der Waals surface area (Å²) in [6.45, 7) is 0.149. The number of nitrogens with zero attached hydrogens (tertiary/aromatic N) is 1. The van der Waals surface area contributed by atoms with Crippen LogP contribution >= 0.6 is 0 Å². The summed E-state index contributed by atoms with van der Waals surface area (Å²) in [7, 11) is 0. The molecule has 1 heterocycles. The SMILES string of the molecule is NC1(c2cccc(N3CC(=O)NCC3=O)c2)CCCCC1. The van der Waals surface area contributed by atoms with Gasteiger partial charge in [0.15, 0.2) is 0 Å². The number of amides is 2. The Morgan fingerprint density at radius 1 is 1.14 bits per heavy atom. The number of nitrogens with two attached hydrogens (primary N) is 1. The van der Waals surface area contributed by atoms with Crippen LogP contribution in [0.2, 0.25) is 0 Å². The highest BCUT2D eigenvalue weighted by atomic mass is 16.2. The molecule has 3 rings (SSSR count). The summed E-state index contributed by atoms with van der Waals surface area (Å²) < 4.78 is 0. The number of nitrogens with one attached hydrogen (secondary N) is 1. The summed E-state index contributed by atoms with van der Waals surface area (Å²) in [5.74, 6) is -0.207. The fourth-order valence-electron chi connectivity index (χ4n) is 3.25. The predicted octanol–water partition coefficient (Wildman–Crippen LogP) is 1.27. The fourth-order valence-corrected chi connectivity index (χ4v) is 3.25. The maximum absolute atomic E-state index is 12.0. The van der Waals surface area contributed by atoms with Crippen LogP contribution in [0, 0.1) is 0 Å². The molecule has 1 saturated carbocycles. The van der Waals surface area contributed by atoms with Gasteiger partial charge in [0.1, 0.15) is 6.54 Å². The van der Waals surface area contributed by atoms with Gasteiger partial charge in [-0.3, -0.25) is 9.59 Å². The molecule has 1 saturated heterocycles. The van der Waals surface area contributed by atoms with E-state index in [1.165, 1.54) is 11.3 Å². The molecule has 0 bridgehead atoms. The predicted molar refractivity (Wildman–Crippen MR) is 80.8 cm³/mol. The third-order valence-electron chi connectivity index (χ3n) is 4.52. The van der Waals surface area contributed by atoms with E-state index in [2.05, 4.69) is 5.32 Å². The van der Waals surface area contributed by atoms with Crippen molar-refractivity contribution in [3.05, 3.63) is 29.8 Å². The van der Waals surface area contributed by atoms with Gasteiger partial charge >= 0.3 is 0 Å². The minimum atomic E-state index is -0.296. The number of hydrogen-bond acceptors (Lipinski definition) is 3. The Bertz CT molecular complexity index is 564. The molecule has 1 aliphatic heterocycles. The molecule has 1 aromatic rings. The Morgan fingerprint density at radius 2 is 1.90 bits per heavy atom. The standard InChI is InChI=1S/C16H21N3O2/c17-16(7-2-1-3-8-16)12-5-4-6-13(9-12)19-11-14(20)18-10-15(19)21/h4-6,9H,1-3,7-8,10-11,17H2,(H,18,20). The van der Waals surface area contributed by atoms with Crippen LogP contribution in [-0.2, 0) is 15.1 Å². The molecule has 5 heteroatoms. The van der Waals surface area contributed by atoms with Gasteiger partial charge in [0, 0.05) is 11.2 Å². The zero-order chi connectivity index (χ0) is 14.9. The van der Waals surface area contributed by atoms with E-state index in [0.717, 1.165) is 36.9 Å². The van der Waals surface area contributed by atoms with Gasteiger partial charge in [0.25, 0.3) is 0 Å². The third-order valence-corrected chi connectivity index (χ3v) is 4.52. The van der Waals surface area contributed by atoms with Gasteiger partial charge in [-0.1, -0.05) is 31.4 Å². The molecule has 0 aromatic heterocycles. The molecule has 2 amide bonds. The first-order valence-corrected chi connectivity index (χ1v) is 7.55. The Morgan fingerprint density at radius 3 is 2.67 bits per heavy atom. The molecule has 1 aliphatic carbocycles. The Kier molecular flexibility index (Phi) is 3.68. The highest BCUT2D eigenvalue weighted by molar-refractivity contribution is 6.04. The molecule has 0 radical (unpaired) electrons. The summed E-state index contributed by atoms with van der Waals surface area (Å²) >= 11 is 0. The molecule has 5 nitrogen and oxygen atoms in total. The second-order valence-electron chi connectivity index (χ2n) is 6.02. The van der Waals surface area contributed by atoms with Gasteiger partial charge in [-0.2, -0.15) is 0 Å². The summed E-state index contributed by atoms with van der Waals surface area (Å²) in [5, 5.41) is 2.56. The first-order chi connectivity index (χ1) is 10.1. The lowest BCUT2D eigenvalue weighted by Crippen LogP contribution is -2.51. The molecule has 0 unspecified atom stereocenters. The van der Waals surface area contributed by atoms with Crippen molar-refractivity contribution in [3.8, 4) is 0 Å². The number of piperazine rings is 1. The molecule has 2 fully saturated rings. The number of carbonyl (C=O) groups excluding carboxylic acids is 2. The number of benzene rings is 1. The zero-order valence-corrected chi connectivity index (χ0v) is 12.1. The van der Waals surface area contributed by atoms with Crippen molar-refractivity contribution in [1.82, 2.24) is 5.32 Å². The summed E-state index contributed by atoms with van der Waals surface area (Å²) in [6.07, 6.45) is 5.48. The average Bonchev–Trinajstić information content (AvgIpc) is 2.51. The van der Waals surface area contributed by atoms with E-state index in [4.69, 9.17) is 5.73 Å². The lowest BCUT2D eigenvalue weighted by atomic mass is 9.77. The van der Waals surface area contributed by atoms with E-state index in [-0.39, 0.29) is 30.4 Å². The molecule has 1 aromatic carbocycles. The van der Waals surface area contributed by atoms with Gasteiger partial charge in [-0.25, -0.2) is 0 Å². The van der Waals surface area contributed by atoms with E-state index in [0.29, 0.717) is 0 Å². The molecular formula is C16H21N3O2. The van der Waals surface area contributed by atoms with Gasteiger partial charge in [0.2, 0.25) is 11.8 Å². The zero-order valence-electron chi connectivity index (χ0n) is 12.1. The highest BCUT2D eigenvalue weighted by Gasteiger charge is 2.31. The van der Waals surface area contributed by atoms with Crippen LogP contribution < -0.4 is 16.0 Å². The van der Waals surface area contributed by atoms with E-state index in [9.17, 15) is 9.59 Å². The number of rotatable bonds is 2. The van der Waals surface area contributed by atoms with Crippen LogP contribution in [0.5, 0.6) is 0 Å². The Hall–Kier alpha value is -1.88. The number of hydrogen-bond donors (Lipinski definition) is 2. The molecule has 2 aliphatic rings. The third kappa shape index (κ3) is 2.78.